The van der Waals surface area contributed by atoms with Crippen molar-refractivity contribution in [3.63, 3.8) is 0 Å². The standard InChI is InChI=1S/C27H38N4O2/c1-21-8-10-23(11-9-21)24-12-14-31(15-13-24)27(32)28-25-6-4-5-7-26(25)30-18-16-29(17-19-30)22(2)20-33-3/h4-11,22,24H,12-20H2,1-3H3,(H,28,32). The van der Waals surface area contributed by atoms with Gasteiger partial charge in [-0.15, -0.1) is 0 Å². The van der Waals surface area contributed by atoms with Crippen LogP contribution in [0.5, 0.6) is 0 Å². The minimum Gasteiger partial charge on any atom is -0.383 e. The number of para-hydroxylation sites is 2. The highest BCUT2D eigenvalue weighted by Crippen LogP contribution is 2.30. The SMILES string of the molecule is COCC(C)N1CCN(c2ccccc2NC(=O)N2CCC(c3ccc(C)cc3)CC2)CC1. The number of piperazine rings is 1. The molecule has 1 atom stereocenters. The molecule has 0 spiro atoms. The van der Waals surface area contributed by atoms with E-state index in [2.05, 4.69) is 65.4 Å². The highest BCUT2D eigenvalue weighted by Gasteiger charge is 2.26. The summed E-state index contributed by atoms with van der Waals surface area (Å²) in [5, 5.41) is 3.21. The van der Waals surface area contributed by atoms with Gasteiger partial charge in [-0.25, -0.2) is 4.79 Å². The number of benzene rings is 2. The zero-order chi connectivity index (χ0) is 23.2. The molecule has 2 fully saturated rings. The van der Waals surface area contributed by atoms with Gasteiger partial charge < -0.3 is 19.9 Å². The first kappa shape index (κ1) is 23.6. The molecule has 4 rings (SSSR count). The lowest BCUT2D eigenvalue weighted by Crippen LogP contribution is -2.51. The van der Waals surface area contributed by atoms with Crippen molar-refractivity contribution >= 4 is 17.4 Å². The maximum Gasteiger partial charge on any atom is 0.321 e. The minimum atomic E-state index is 0.0113. The number of nitrogens with one attached hydrogen (secondary N) is 1. The molecule has 2 aliphatic rings. The summed E-state index contributed by atoms with van der Waals surface area (Å²) >= 11 is 0. The van der Waals surface area contributed by atoms with Crippen molar-refractivity contribution in [1.29, 1.82) is 0 Å². The average molecular weight is 451 g/mol. The van der Waals surface area contributed by atoms with E-state index >= 15 is 0 Å². The molecule has 33 heavy (non-hydrogen) atoms. The Hall–Kier alpha value is -2.57. The second kappa shape index (κ2) is 11.0. The summed E-state index contributed by atoms with van der Waals surface area (Å²) < 4.78 is 5.32. The number of carbonyl (C=O) groups is 1. The summed E-state index contributed by atoms with van der Waals surface area (Å²) in [4.78, 5) is 19.9. The molecular weight excluding hydrogens is 412 g/mol. The maximum atomic E-state index is 13.1. The van der Waals surface area contributed by atoms with Crippen LogP contribution in [0.4, 0.5) is 16.2 Å². The van der Waals surface area contributed by atoms with E-state index in [1.807, 2.05) is 17.0 Å². The van der Waals surface area contributed by atoms with Gasteiger partial charge in [0.15, 0.2) is 0 Å². The molecule has 0 saturated carbocycles. The normalized spacial score (nSPS) is 18.9. The Labute approximate surface area is 198 Å². The van der Waals surface area contributed by atoms with Crippen LogP contribution in [0.3, 0.4) is 0 Å². The molecule has 2 aliphatic heterocycles. The fourth-order valence-electron chi connectivity index (χ4n) is 5.05. The molecule has 1 unspecified atom stereocenters. The number of nitrogens with zero attached hydrogens (tertiary/aromatic N) is 3. The third-order valence-electron chi connectivity index (χ3n) is 7.16. The highest BCUT2D eigenvalue weighted by molar-refractivity contribution is 5.93. The molecule has 2 aromatic rings. The smallest absolute Gasteiger partial charge is 0.321 e. The largest absolute Gasteiger partial charge is 0.383 e. The number of amides is 2. The molecule has 2 amide bonds. The molecular formula is C27H38N4O2. The van der Waals surface area contributed by atoms with Crippen molar-refractivity contribution in [2.45, 2.75) is 38.6 Å². The van der Waals surface area contributed by atoms with Gasteiger partial charge in [0.2, 0.25) is 0 Å². The van der Waals surface area contributed by atoms with Crippen molar-refractivity contribution in [2.24, 2.45) is 0 Å². The van der Waals surface area contributed by atoms with E-state index in [1.165, 1.54) is 11.1 Å². The van der Waals surface area contributed by atoms with E-state index in [-0.39, 0.29) is 6.03 Å². The summed E-state index contributed by atoms with van der Waals surface area (Å²) in [7, 11) is 1.76. The molecule has 2 aromatic carbocycles. The van der Waals surface area contributed by atoms with Crippen LogP contribution in [0.1, 0.15) is 36.8 Å². The van der Waals surface area contributed by atoms with E-state index in [0.717, 1.165) is 70.1 Å². The van der Waals surface area contributed by atoms with E-state index in [1.54, 1.807) is 7.11 Å². The van der Waals surface area contributed by atoms with Gasteiger partial charge in [0.25, 0.3) is 0 Å². The number of aryl methyl sites for hydroxylation is 1. The van der Waals surface area contributed by atoms with Crippen molar-refractivity contribution in [1.82, 2.24) is 9.80 Å². The van der Waals surface area contributed by atoms with Gasteiger partial charge in [0.1, 0.15) is 0 Å². The number of likely N-dealkylation sites (tertiary alicyclic amines) is 1. The van der Waals surface area contributed by atoms with Gasteiger partial charge in [0.05, 0.1) is 18.0 Å². The summed E-state index contributed by atoms with van der Waals surface area (Å²) in [6.45, 7) is 10.6. The molecule has 0 bridgehead atoms. The van der Waals surface area contributed by atoms with Crippen LogP contribution in [0.15, 0.2) is 48.5 Å². The quantitative estimate of drug-likeness (QED) is 0.701. The third kappa shape index (κ3) is 5.87. The van der Waals surface area contributed by atoms with Crippen LogP contribution in [-0.2, 0) is 4.74 Å². The van der Waals surface area contributed by atoms with E-state index in [0.29, 0.717) is 12.0 Å². The van der Waals surface area contributed by atoms with Crippen molar-refractivity contribution in [3.05, 3.63) is 59.7 Å². The van der Waals surface area contributed by atoms with E-state index in [9.17, 15) is 4.79 Å². The second-order valence-electron chi connectivity index (χ2n) is 9.45. The molecule has 0 aliphatic carbocycles. The first-order valence-electron chi connectivity index (χ1n) is 12.2. The lowest BCUT2D eigenvalue weighted by molar-refractivity contribution is 0.0953. The van der Waals surface area contributed by atoms with Gasteiger partial charge in [0, 0.05) is 52.4 Å². The van der Waals surface area contributed by atoms with Crippen LogP contribution >= 0.6 is 0 Å². The lowest BCUT2D eigenvalue weighted by Gasteiger charge is -2.39. The van der Waals surface area contributed by atoms with Crippen molar-refractivity contribution in [3.8, 4) is 0 Å². The number of methoxy groups -OCH3 is 1. The fourth-order valence-corrected chi connectivity index (χ4v) is 5.05. The summed E-state index contributed by atoms with van der Waals surface area (Å²) in [5.41, 5.74) is 4.70. The number of rotatable bonds is 6. The lowest BCUT2D eigenvalue weighted by atomic mass is 9.89. The van der Waals surface area contributed by atoms with Crippen LogP contribution < -0.4 is 10.2 Å². The van der Waals surface area contributed by atoms with Crippen LogP contribution in [-0.4, -0.2) is 74.9 Å². The maximum absolute atomic E-state index is 13.1. The van der Waals surface area contributed by atoms with Gasteiger partial charge in [-0.3, -0.25) is 4.90 Å². The highest BCUT2D eigenvalue weighted by atomic mass is 16.5. The van der Waals surface area contributed by atoms with Crippen molar-refractivity contribution in [2.75, 3.05) is 63.2 Å². The summed E-state index contributed by atoms with van der Waals surface area (Å²) in [5.74, 6) is 0.540. The van der Waals surface area contributed by atoms with Crippen LogP contribution in [0.2, 0.25) is 0 Å². The van der Waals surface area contributed by atoms with E-state index < -0.39 is 0 Å². The van der Waals surface area contributed by atoms with Gasteiger partial charge in [-0.1, -0.05) is 42.0 Å². The molecule has 2 heterocycles. The fraction of sp³-hybridized carbons (Fsp3) is 0.519. The number of ether oxygens (including phenoxy) is 1. The number of urea groups is 1. The molecule has 0 aromatic heterocycles. The van der Waals surface area contributed by atoms with Crippen molar-refractivity contribution < 1.29 is 9.53 Å². The first-order valence-corrected chi connectivity index (χ1v) is 12.2. The van der Waals surface area contributed by atoms with Gasteiger partial charge in [-0.2, -0.15) is 0 Å². The summed E-state index contributed by atoms with van der Waals surface area (Å²) in [6, 6.07) is 17.5. The Balaban J connectivity index is 1.33. The van der Waals surface area contributed by atoms with Crippen LogP contribution in [0.25, 0.3) is 0 Å². The summed E-state index contributed by atoms with van der Waals surface area (Å²) in [6.07, 6.45) is 2.03. The molecule has 0 radical (unpaired) electrons. The Morgan fingerprint density at radius 1 is 1.00 bits per heavy atom. The van der Waals surface area contributed by atoms with Gasteiger partial charge >= 0.3 is 6.03 Å². The predicted octanol–water partition coefficient (Wildman–Crippen LogP) is 4.56. The molecule has 1 N–H and O–H groups in total. The third-order valence-corrected chi connectivity index (χ3v) is 7.16. The number of hydrogen-bond acceptors (Lipinski definition) is 4. The van der Waals surface area contributed by atoms with Gasteiger partial charge in [-0.05, 0) is 50.3 Å². The zero-order valence-corrected chi connectivity index (χ0v) is 20.3. The Kier molecular flexibility index (Phi) is 7.89. The average Bonchev–Trinajstić information content (AvgIpc) is 2.85. The second-order valence-corrected chi connectivity index (χ2v) is 9.45. The van der Waals surface area contributed by atoms with E-state index in [4.69, 9.17) is 4.74 Å². The Morgan fingerprint density at radius 3 is 2.33 bits per heavy atom. The Morgan fingerprint density at radius 2 is 1.67 bits per heavy atom. The molecule has 2 saturated heterocycles. The number of anilines is 2. The van der Waals surface area contributed by atoms with Crippen LogP contribution in [0, 0.1) is 6.92 Å². The minimum absolute atomic E-state index is 0.0113. The number of hydrogen-bond donors (Lipinski definition) is 1. The monoisotopic (exact) mass is 450 g/mol. The first-order chi connectivity index (χ1) is 16.0. The zero-order valence-electron chi connectivity index (χ0n) is 20.3. The Bertz CT molecular complexity index is 901. The molecule has 178 valence electrons. The predicted molar refractivity (Wildman–Crippen MR) is 135 cm³/mol. The topological polar surface area (TPSA) is 48.1 Å². The number of piperidine rings is 1. The molecule has 6 heteroatoms. The molecule has 6 nitrogen and oxygen atoms in total. The number of carbonyl (C=O) groups excluding carboxylic acids is 1.